The molecule has 0 aliphatic rings. The van der Waals surface area contributed by atoms with Crippen molar-refractivity contribution in [1.82, 2.24) is 10.3 Å². The molecule has 0 saturated carbocycles. The highest BCUT2D eigenvalue weighted by Crippen LogP contribution is 2.13. The highest BCUT2D eigenvalue weighted by Gasteiger charge is 2.12. The summed E-state index contributed by atoms with van der Waals surface area (Å²) in [6.07, 6.45) is 0. The topological polar surface area (TPSA) is 74.0 Å². The Morgan fingerprint density at radius 3 is 2.84 bits per heavy atom. The zero-order valence-corrected chi connectivity index (χ0v) is 11.0. The van der Waals surface area contributed by atoms with Crippen LogP contribution in [0.1, 0.15) is 13.8 Å². The largest absolute Gasteiger partial charge is 0.360 e. The molecule has 2 aromatic rings. The van der Waals surface area contributed by atoms with Gasteiger partial charge in [-0.05, 0) is 31.4 Å². The number of hydrogen-bond donors (Lipinski definition) is 3. The molecule has 1 atom stereocenters. The molecule has 5 nitrogen and oxygen atoms in total. The van der Waals surface area contributed by atoms with E-state index < -0.39 is 6.04 Å². The molecule has 0 aliphatic heterocycles. The van der Waals surface area contributed by atoms with Crippen molar-refractivity contribution in [1.29, 1.82) is 0 Å². The Morgan fingerprint density at radius 2 is 2.11 bits per heavy atom. The Labute approximate surface area is 111 Å². The van der Waals surface area contributed by atoms with Crippen LogP contribution in [0.5, 0.6) is 0 Å². The second kappa shape index (κ2) is 5.56. The predicted molar refractivity (Wildman–Crippen MR) is 76.3 cm³/mol. The number of nitrogens with one attached hydrogen (secondary N) is 3. The normalized spacial score (nSPS) is 12.1. The molecule has 2 rings (SSSR count). The summed E-state index contributed by atoms with van der Waals surface area (Å²) in [5, 5.41) is 7.20. The summed E-state index contributed by atoms with van der Waals surface area (Å²) < 4.78 is 0. The van der Waals surface area contributed by atoms with Crippen LogP contribution < -0.4 is 16.2 Å². The highest BCUT2D eigenvalue weighted by molar-refractivity contribution is 5.86. The van der Waals surface area contributed by atoms with Gasteiger partial charge in [0.05, 0.1) is 0 Å². The monoisotopic (exact) mass is 259 g/mol. The number of aromatic nitrogens is 1. The van der Waals surface area contributed by atoms with Crippen LogP contribution in [-0.4, -0.2) is 23.5 Å². The molecule has 1 aromatic carbocycles. The van der Waals surface area contributed by atoms with Gasteiger partial charge in [-0.1, -0.05) is 18.2 Å². The highest BCUT2D eigenvalue weighted by atomic mass is 16.2. The molecule has 0 radical (unpaired) electrons. The van der Waals surface area contributed by atoms with Crippen LogP contribution in [0.4, 0.5) is 5.82 Å². The molecule has 1 amide bonds. The number of carbonyl (C=O) groups excluding carboxylic acids is 1. The summed E-state index contributed by atoms with van der Waals surface area (Å²) in [6.45, 7) is 4.19. The average Bonchev–Trinajstić information content (AvgIpc) is 2.39. The molecule has 0 fully saturated rings. The van der Waals surface area contributed by atoms with Gasteiger partial charge in [-0.25, -0.2) is 0 Å². The molecule has 0 bridgehead atoms. The second-order valence-corrected chi connectivity index (χ2v) is 4.36. The predicted octanol–water partition coefficient (Wildman–Crippen LogP) is 1.46. The molecular formula is C14H17N3O2. The van der Waals surface area contributed by atoms with Gasteiger partial charge in [0, 0.05) is 11.9 Å². The van der Waals surface area contributed by atoms with E-state index in [9.17, 15) is 9.59 Å². The van der Waals surface area contributed by atoms with Gasteiger partial charge < -0.3 is 15.6 Å². The maximum atomic E-state index is 11.9. The number of rotatable bonds is 4. The van der Waals surface area contributed by atoms with Crippen LogP contribution in [0.2, 0.25) is 0 Å². The first kappa shape index (κ1) is 13.1. The van der Waals surface area contributed by atoms with E-state index in [1.165, 1.54) is 0 Å². The summed E-state index contributed by atoms with van der Waals surface area (Å²) in [6, 6.07) is 8.75. The summed E-state index contributed by atoms with van der Waals surface area (Å²) in [7, 11) is 0. The van der Waals surface area contributed by atoms with Crippen molar-refractivity contribution in [2.75, 3.05) is 11.9 Å². The lowest BCUT2D eigenvalue weighted by Crippen LogP contribution is -2.37. The minimum atomic E-state index is -0.406. The number of amides is 1. The third kappa shape index (κ3) is 2.93. The van der Waals surface area contributed by atoms with Crippen LogP contribution in [-0.2, 0) is 4.79 Å². The van der Waals surface area contributed by atoms with E-state index in [4.69, 9.17) is 0 Å². The second-order valence-electron chi connectivity index (χ2n) is 4.36. The van der Waals surface area contributed by atoms with Crippen molar-refractivity contribution < 1.29 is 4.79 Å². The van der Waals surface area contributed by atoms with Gasteiger partial charge in [-0.3, -0.25) is 9.59 Å². The first-order chi connectivity index (χ1) is 9.11. The first-order valence-corrected chi connectivity index (χ1v) is 6.28. The smallest absolute Gasteiger partial charge is 0.257 e. The van der Waals surface area contributed by atoms with Crippen molar-refractivity contribution in [3.63, 3.8) is 0 Å². The molecule has 19 heavy (non-hydrogen) atoms. The Hall–Kier alpha value is -2.30. The lowest BCUT2D eigenvalue weighted by Gasteiger charge is -2.14. The average molecular weight is 259 g/mol. The van der Waals surface area contributed by atoms with Crippen LogP contribution in [0.3, 0.4) is 0 Å². The number of benzene rings is 1. The van der Waals surface area contributed by atoms with E-state index in [0.29, 0.717) is 17.7 Å². The maximum absolute atomic E-state index is 11.9. The number of aromatic amines is 1. The van der Waals surface area contributed by atoms with Gasteiger partial charge in [0.2, 0.25) is 5.91 Å². The maximum Gasteiger partial charge on any atom is 0.257 e. The number of H-pyrrole nitrogens is 1. The van der Waals surface area contributed by atoms with Crippen LogP contribution in [0.15, 0.2) is 35.1 Å². The van der Waals surface area contributed by atoms with E-state index in [-0.39, 0.29) is 11.5 Å². The van der Waals surface area contributed by atoms with Crippen LogP contribution in [0, 0.1) is 0 Å². The van der Waals surface area contributed by atoms with Gasteiger partial charge in [-0.15, -0.1) is 0 Å². The first-order valence-electron chi connectivity index (χ1n) is 6.28. The lowest BCUT2D eigenvalue weighted by atomic mass is 10.2. The van der Waals surface area contributed by atoms with Gasteiger partial charge >= 0.3 is 0 Å². The zero-order chi connectivity index (χ0) is 13.8. The SMILES string of the molecule is CCNC(=O)C(C)Nc1cc2ccccc2c(=O)[nH]1. The van der Waals surface area contributed by atoms with Gasteiger partial charge in [0.25, 0.3) is 5.56 Å². The van der Waals surface area contributed by atoms with Crippen molar-refractivity contribution in [3.8, 4) is 0 Å². The molecule has 1 unspecified atom stereocenters. The van der Waals surface area contributed by atoms with E-state index in [1.54, 1.807) is 13.0 Å². The van der Waals surface area contributed by atoms with E-state index in [1.807, 2.05) is 31.2 Å². The van der Waals surface area contributed by atoms with Gasteiger partial charge in [0.15, 0.2) is 0 Å². The fourth-order valence-electron chi connectivity index (χ4n) is 1.91. The van der Waals surface area contributed by atoms with E-state index >= 15 is 0 Å². The number of carbonyl (C=O) groups is 1. The molecule has 1 heterocycles. The summed E-state index contributed by atoms with van der Waals surface area (Å²) in [5.74, 6) is 0.443. The molecule has 3 N–H and O–H groups in total. The van der Waals surface area contributed by atoms with E-state index in [2.05, 4.69) is 15.6 Å². The van der Waals surface area contributed by atoms with E-state index in [0.717, 1.165) is 5.39 Å². The van der Waals surface area contributed by atoms with Crippen molar-refractivity contribution >= 4 is 22.5 Å². The standard InChI is InChI=1S/C14H17N3O2/c1-3-15-13(18)9(2)16-12-8-10-6-4-5-7-11(10)14(19)17-12/h4-9H,3H2,1-2H3,(H,15,18)(H2,16,17,19). The molecule has 1 aromatic heterocycles. The minimum Gasteiger partial charge on any atom is -0.360 e. The summed E-state index contributed by atoms with van der Waals surface area (Å²) >= 11 is 0. The number of fused-ring (bicyclic) bond motifs is 1. The quantitative estimate of drug-likeness (QED) is 0.778. The van der Waals surface area contributed by atoms with Crippen LogP contribution in [0.25, 0.3) is 10.8 Å². The molecular weight excluding hydrogens is 242 g/mol. The van der Waals surface area contributed by atoms with Gasteiger partial charge in [0.1, 0.15) is 11.9 Å². The Morgan fingerprint density at radius 1 is 1.37 bits per heavy atom. The molecule has 0 saturated heterocycles. The Bertz CT molecular complexity index is 648. The summed E-state index contributed by atoms with van der Waals surface area (Å²) in [5.41, 5.74) is -0.163. The third-order valence-electron chi connectivity index (χ3n) is 2.87. The van der Waals surface area contributed by atoms with Crippen LogP contribution >= 0.6 is 0 Å². The summed E-state index contributed by atoms with van der Waals surface area (Å²) in [4.78, 5) is 26.2. The number of anilines is 1. The molecule has 0 aliphatic carbocycles. The van der Waals surface area contributed by atoms with Crippen molar-refractivity contribution in [3.05, 3.63) is 40.7 Å². The number of likely N-dealkylation sites (N-methyl/N-ethyl adjacent to an activating group) is 1. The molecule has 100 valence electrons. The van der Waals surface area contributed by atoms with Gasteiger partial charge in [-0.2, -0.15) is 0 Å². The zero-order valence-electron chi connectivity index (χ0n) is 11.0. The van der Waals surface area contributed by atoms with Crippen molar-refractivity contribution in [2.45, 2.75) is 19.9 Å². The molecule has 0 spiro atoms. The third-order valence-corrected chi connectivity index (χ3v) is 2.87. The molecule has 5 heteroatoms. The Kier molecular flexibility index (Phi) is 3.85. The number of hydrogen-bond acceptors (Lipinski definition) is 3. The van der Waals surface area contributed by atoms with Crippen molar-refractivity contribution in [2.24, 2.45) is 0 Å². The fraction of sp³-hybridized carbons (Fsp3) is 0.286. The number of pyridine rings is 1. The Balaban J connectivity index is 2.26. The minimum absolute atomic E-state index is 0.100. The fourth-order valence-corrected chi connectivity index (χ4v) is 1.91. The lowest BCUT2D eigenvalue weighted by molar-refractivity contribution is -0.121.